The number of benzene rings is 2. The van der Waals surface area contributed by atoms with Crippen molar-refractivity contribution in [1.82, 2.24) is 5.32 Å². The molecule has 2 N–H and O–H groups in total. The summed E-state index contributed by atoms with van der Waals surface area (Å²) in [5.41, 5.74) is 1.73. The Bertz CT molecular complexity index is 859. The molecular weight excluding hydrogens is 444 g/mol. The number of amides is 2. The highest BCUT2D eigenvalue weighted by molar-refractivity contribution is 9.10. The SMILES string of the molecule is Cc1cc(Br)cc(Cl)c1OCC(=O)Nc1ccccc1C(=O)NC1CCCC1. The van der Waals surface area contributed by atoms with E-state index in [4.69, 9.17) is 16.3 Å². The largest absolute Gasteiger partial charge is 0.482 e. The molecule has 7 heteroatoms. The first-order chi connectivity index (χ1) is 13.4. The van der Waals surface area contributed by atoms with Crippen molar-refractivity contribution in [3.63, 3.8) is 0 Å². The quantitative estimate of drug-likeness (QED) is 0.623. The van der Waals surface area contributed by atoms with Crippen LogP contribution in [-0.2, 0) is 4.79 Å². The van der Waals surface area contributed by atoms with Gasteiger partial charge in [-0.3, -0.25) is 9.59 Å². The molecule has 0 aliphatic heterocycles. The molecule has 0 saturated heterocycles. The predicted octanol–water partition coefficient (Wildman–Crippen LogP) is 5.10. The van der Waals surface area contributed by atoms with Gasteiger partial charge in [0.25, 0.3) is 11.8 Å². The molecule has 5 nitrogen and oxygen atoms in total. The lowest BCUT2D eigenvalue weighted by molar-refractivity contribution is -0.118. The van der Waals surface area contributed by atoms with Gasteiger partial charge in [-0.15, -0.1) is 0 Å². The Morgan fingerprint density at radius 2 is 1.93 bits per heavy atom. The molecule has 1 aliphatic carbocycles. The second-order valence-electron chi connectivity index (χ2n) is 6.87. The average Bonchev–Trinajstić information content (AvgIpc) is 3.14. The maximum Gasteiger partial charge on any atom is 0.262 e. The predicted molar refractivity (Wildman–Crippen MR) is 114 cm³/mol. The summed E-state index contributed by atoms with van der Waals surface area (Å²) in [5, 5.41) is 6.23. The van der Waals surface area contributed by atoms with Crippen LogP contribution in [-0.4, -0.2) is 24.5 Å². The second-order valence-corrected chi connectivity index (χ2v) is 8.19. The molecule has 0 atom stereocenters. The molecule has 28 heavy (non-hydrogen) atoms. The van der Waals surface area contributed by atoms with Crippen molar-refractivity contribution >= 4 is 45.0 Å². The Morgan fingerprint density at radius 3 is 2.64 bits per heavy atom. The van der Waals surface area contributed by atoms with E-state index in [0.717, 1.165) is 35.7 Å². The summed E-state index contributed by atoms with van der Waals surface area (Å²) in [7, 11) is 0. The molecule has 0 radical (unpaired) electrons. The van der Waals surface area contributed by atoms with Gasteiger partial charge < -0.3 is 15.4 Å². The molecule has 148 valence electrons. The molecule has 2 amide bonds. The molecule has 1 fully saturated rings. The number of anilines is 1. The normalized spacial score (nSPS) is 14.0. The number of carbonyl (C=O) groups is 2. The van der Waals surface area contributed by atoms with E-state index < -0.39 is 0 Å². The molecule has 0 aromatic heterocycles. The lowest BCUT2D eigenvalue weighted by atomic mass is 10.1. The summed E-state index contributed by atoms with van der Waals surface area (Å²) in [6, 6.07) is 10.8. The van der Waals surface area contributed by atoms with Crippen molar-refractivity contribution in [2.24, 2.45) is 0 Å². The summed E-state index contributed by atoms with van der Waals surface area (Å²) >= 11 is 9.55. The number of aryl methyl sites for hydroxylation is 1. The van der Waals surface area contributed by atoms with Gasteiger partial charge in [0.2, 0.25) is 0 Å². The Morgan fingerprint density at radius 1 is 1.21 bits per heavy atom. The van der Waals surface area contributed by atoms with E-state index in [-0.39, 0.29) is 24.5 Å². The van der Waals surface area contributed by atoms with Crippen LogP contribution in [0.2, 0.25) is 5.02 Å². The van der Waals surface area contributed by atoms with Crippen LogP contribution >= 0.6 is 27.5 Å². The maximum atomic E-state index is 12.6. The van der Waals surface area contributed by atoms with Gasteiger partial charge in [0.05, 0.1) is 16.3 Å². The van der Waals surface area contributed by atoms with Gasteiger partial charge in [0, 0.05) is 10.5 Å². The number of halogens is 2. The summed E-state index contributed by atoms with van der Waals surface area (Å²) in [4.78, 5) is 25.0. The summed E-state index contributed by atoms with van der Waals surface area (Å²) in [5.74, 6) is -0.0673. The summed E-state index contributed by atoms with van der Waals surface area (Å²) in [6.45, 7) is 1.65. The Kier molecular flexibility index (Phi) is 6.97. The van der Waals surface area contributed by atoms with Crippen LogP contribution in [0.4, 0.5) is 5.69 Å². The zero-order chi connectivity index (χ0) is 20.1. The van der Waals surface area contributed by atoms with E-state index in [1.54, 1.807) is 30.3 Å². The minimum Gasteiger partial charge on any atom is -0.482 e. The standard InChI is InChI=1S/C21H22BrClN2O3/c1-13-10-14(22)11-17(23)20(13)28-12-19(26)25-18-9-5-4-8-16(18)21(27)24-15-6-2-3-7-15/h4-5,8-11,15H,2-3,6-7,12H2,1H3,(H,24,27)(H,25,26). The van der Waals surface area contributed by atoms with E-state index in [1.165, 1.54) is 0 Å². The highest BCUT2D eigenvalue weighted by Crippen LogP contribution is 2.32. The number of para-hydroxylation sites is 1. The van der Waals surface area contributed by atoms with Crippen LogP contribution < -0.4 is 15.4 Å². The number of ether oxygens (including phenoxy) is 1. The molecule has 3 rings (SSSR count). The first-order valence-corrected chi connectivity index (χ1v) is 10.4. The molecule has 0 unspecified atom stereocenters. The van der Waals surface area contributed by atoms with Crippen LogP contribution in [0, 0.1) is 6.92 Å². The highest BCUT2D eigenvalue weighted by Gasteiger charge is 2.20. The van der Waals surface area contributed by atoms with E-state index >= 15 is 0 Å². The third-order valence-corrected chi connectivity index (χ3v) is 5.42. The van der Waals surface area contributed by atoms with E-state index in [2.05, 4.69) is 26.6 Å². The number of nitrogens with one attached hydrogen (secondary N) is 2. The van der Waals surface area contributed by atoms with Crippen molar-refractivity contribution in [3.05, 3.63) is 57.0 Å². The monoisotopic (exact) mass is 464 g/mol. The molecule has 0 heterocycles. The molecule has 0 bridgehead atoms. The van der Waals surface area contributed by atoms with Crippen LogP contribution in [0.25, 0.3) is 0 Å². The highest BCUT2D eigenvalue weighted by atomic mass is 79.9. The fraction of sp³-hybridized carbons (Fsp3) is 0.333. The molecule has 1 aliphatic rings. The Labute approximate surface area is 177 Å². The van der Waals surface area contributed by atoms with Gasteiger partial charge in [-0.1, -0.05) is 52.5 Å². The fourth-order valence-corrected chi connectivity index (χ4v) is 4.34. The molecule has 2 aromatic carbocycles. The van der Waals surface area contributed by atoms with Gasteiger partial charge >= 0.3 is 0 Å². The Balaban J connectivity index is 1.63. The fourth-order valence-electron chi connectivity index (χ4n) is 3.32. The lowest BCUT2D eigenvalue weighted by Gasteiger charge is -2.15. The third kappa shape index (κ3) is 5.26. The minimum atomic E-state index is -0.362. The number of rotatable bonds is 6. The second kappa shape index (κ2) is 9.43. The van der Waals surface area contributed by atoms with Gasteiger partial charge in [0.15, 0.2) is 6.61 Å². The van der Waals surface area contributed by atoms with Crippen molar-refractivity contribution in [3.8, 4) is 5.75 Å². The van der Waals surface area contributed by atoms with Crippen LogP contribution in [0.5, 0.6) is 5.75 Å². The van der Waals surface area contributed by atoms with Gasteiger partial charge in [0.1, 0.15) is 5.75 Å². The smallest absolute Gasteiger partial charge is 0.262 e. The first-order valence-electron chi connectivity index (χ1n) is 9.22. The van der Waals surface area contributed by atoms with Gasteiger partial charge in [-0.05, 0) is 49.6 Å². The van der Waals surface area contributed by atoms with Gasteiger partial charge in [-0.2, -0.15) is 0 Å². The van der Waals surface area contributed by atoms with E-state index in [9.17, 15) is 9.59 Å². The number of hydrogen-bond donors (Lipinski definition) is 2. The minimum absolute atomic E-state index is 0.171. The lowest BCUT2D eigenvalue weighted by Crippen LogP contribution is -2.33. The number of hydrogen-bond acceptors (Lipinski definition) is 3. The van der Waals surface area contributed by atoms with Crippen molar-refractivity contribution in [1.29, 1.82) is 0 Å². The Hall–Kier alpha value is -2.05. The molecule has 0 spiro atoms. The third-order valence-electron chi connectivity index (χ3n) is 4.68. The van der Waals surface area contributed by atoms with Gasteiger partial charge in [-0.25, -0.2) is 0 Å². The summed E-state index contributed by atoms with van der Waals surface area (Å²) in [6.07, 6.45) is 4.28. The van der Waals surface area contributed by atoms with Crippen LogP contribution in [0.1, 0.15) is 41.6 Å². The van der Waals surface area contributed by atoms with E-state index in [1.807, 2.05) is 13.0 Å². The molecule has 1 saturated carbocycles. The maximum absolute atomic E-state index is 12.6. The topological polar surface area (TPSA) is 67.4 Å². The van der Waals surface area contributed by atoms with Crippen molar-refractivity contribution in [2.75, 3.05) is 11.9 Å². The van der Waals surface area contributed by atoms with Crippen LogP contribution in [0.3, 0.4) is 0 Å². The molecule has 2 aromatic rings. The van der Waals surface area contributed by atoms with Crippen molar-refractivity contribution in [2.45, 2.75) is 38.6 Å². The van der Waals surface area contributed by atoms with E-state index in [0.29, 0.717) is 22.0 Å². The first kappa shape index (κ1) is 20.7. The average molecular weight is 466 g/mol. The molecular formula is C21H22BrClN2O3. The van der Waals surface area contributed by atoms with Crippen molar-refractivity contribution < 1.29 is 14.3 Å². The zero-order valence-electron chi connectivity index (χ0n) is 15.6. The summed E-state index contributed by atoms with van der Waals surface area (Å²) < 4.78 is 6.44. The number of carbonyl (C=O) groups excluding carboxylic acids is 2. The zero-order valence-corrected chi connectivity index (χ0v) is 17.9. The van der Waals surface area contributed by atoms with Crippen LogP contribution in [0.15, 0.2) is 40.9 Å².